The van der Waals surface area contributed by atoms with Crippen molar-refractivity contribution in [2.24, 2.45) is 5.73 Å². The van der Waals surface area contributed by atoms with Crippen LogP contribution in [0, 0.1) is 0 Å². The van der Waals surface area contributed by atoms with Crippen LogP contribution in [0.25, 0.3) is 11.1 Å². The van der Waals surface area contributed by atoms with Crippen molar-refractivity contribution in [1.82, 2.24) is 4.98 Å². The molecule has 32 heavy (non-hydrogen) atoms. The van der Waals surface area contributed by atoms with Gasteiger partial charge < -0.3 is 21.7 Å². The number of nitrogen functional groups attached to an aromatic ring is 1. The van der Waals surface area contributed by atoms with Crippen LogP contribution >= 0.6 is 0 Å². The van der Waals surface area contributed by atoms with E-state index in [4.69, 9.17) is 11.5 Å². The summed E-state index contributed by atoms with van der Waals surface area (Å²) in [5, 5.41) is 2.93. The molecule has 4 rings (SSSR count). The first-order valence-electron chi connectivity index (χ1n) is 11.2. The summed E-state index contributed by atoms with van der Waals surface area (Å²) in [5.41, 5.74) is 16.2. The summed E-state index contributed by atoms with van der Waals surface area (Å²) in [6.45, 7) is 3.95. The van der Waals surface area contributed by atoms with Crippen molar-refractivity contribution in [1.29, 1.82) is 0 Å². The first-order valence-corrected chi connectivity index (χ1v) is 11.2. The minimum Gasteiger partial charge on any atom is -0.397 e. The second-order valence-corrected chi connectivity index (χ2v) is 8.63. The van der Waals surface area contributed by atoms with Gasteiger partial charge in [-0.2, -0.15) is 0 Å². The van der Waals surface area contributed by atoms with Gasteiger partial charge in [0, 0.05) is 24.8 Å². The largest absolute Gasteiger partial charge is 0.397 e. The lowest BCUT2D eigenvalue weighted by atomic mass is 9.84. The summed E-state index contributed by atoms with van der Waals surface area (Å²) < 4.78 is 0. The molecule has 0 aliphatic carbocycles. The molecule has 0 bridgehead atoms. The van der Waals surface area contributed by atoms with Crippen molar-refractivity contribution in [3.63, 3.8) is 0 Å². The van der Waals surface area contributed by atoms with Crippen LogP contribution < -0.4 is 21.7 Å². The molecule has 0 radical (unpaired) electrons. The number of amides is 1. The number of nitrogens with zero attached hydrogens (tertiary/aromatic N) is 2. The first kappa shape index (κ1) is 21.8. The topological polar surface area (TPSA) is 97.3 Å². The minimum atomic E-state index is -0.233. The van der Waals surface area contributed by atoms with Crippen LogP contribution in [0.1, 0.15) is 43.0 Å². The van der Waals surface area contributed by atoms with Crippen LogP contribution in [-0.2, 0) is 0 Å². The van der Waals surface area contributed by atoms with Gasteiger partial charge in [-0.1, -0.05) is 49.7 Å². The predicted octanol–water partition coefficient (Wildman–Crippen LogP) is 4.68. The maximum atomic E-state index is 12.8. The zero-order chi connectivity index (χ0) is 22.6. The maximum Gasteiger partial charge on any atom is 0.257 e. The monoisotopic (exact) mass is 429 g/mol. The normalized spacial score (nSPS) is 15.4. The number of hydrogen-bond donors (Lipinski definition) is 3. The third kappa shape index (κ3) is 4.92. The SMILES string of the molecule is CCCC1(N)CCN(c2ccc(C(=O)Nc3cc(-c4ccccc4)ccc3N)cn2)CC1. The fourth-order valence-corrected chi connectivity index (χ4v) is 4.31. The lowest BCUT2D eigenvalue weighted by Gasteiger charge is -2.39. The highest BCUT2D eigenvalue weighted by Gasteiger charge is 2.30. The maximum absolute atomic E-state index is 12.8. The van der Waals surface area contributed by atoms with Crippen molar-refractivity contribution in [2.75, 3.05) is 29.0 Å². The van der Waals surface area contributed by atoms with Gasteiger partial charge in [-0.15, -0.1) is 0 Å². The van der Waals surface area contributed by atoms with Crippen molar-refractivity contribution in [3.05, 3.63) is 72.4 Å². The molecule has 3 aromatic rings. The van der Waals surface area contributed by atoms with E-state index in [9.17, 15) is 4.79 Å². The molecule has 1 aliphatic heterocycles. The van der Waals surface area contributed by atoms with Crippen LogP contribution in [0.2, 0.25) is 0 Å². The number of carbonyl (C=O) groups is 1. The molecule has 1 aromatic heterocycles. The molecule has 0 saturated carbocycles. The van der Waals surface area contributed by atoms with Crippen LogP contribution in [0.15, 0.2) is 66.9 Å². The molecule has 1 amide bonds. The summed E-state index contributed by atoms with van der Waals surface area (Å²) >= 11 is 0. The Hall–Kier alpha value is -3.38. The first-order chi connectivity index (χ1) is 15.5. The van der Waals surface area contributed by atoms with E-state index in [1.165, 1.54) is 0 Å². The molecule has 6 nitrogen and oxygen atoms in total. The van der Waals surface area contributed by atoms with E-state index in [0.29, 0.717) is 16.9 Å². The fourth-order valence-electron chi connectivity index (χ4n) is 4.31. The highest BCUT2D eigenvalue weighted by Crippen LogP contribution is 2.29. The lowest BCUT2D eigenvalue weighted by molar-refractivity contribution is 0.102. The van der Waals surface area contributed by atoms with E-state index < -0.39 is 0 Å². The number of pyridine rings is 1. The summed E-state index contributed by atoms with van der Waals surface area (Å²) in [6.07, 6.45) is 5.71. The Bertz CT molecular complexity index is 1060. The van der Waals surface area contributed by atoms with Crippen LogP contribution in [-0.4, -0.2) is 29.5 Å². The Kier molecular flexibility index (Phi) is 6.42. The smallest absolute Gasteiger partial charge is 0.257 e. The average molecular weight is 430 g/mol. The van der Waals surface area contributed by atoms with Gasteiger partial charge in [0.05, 0.1) is 16.9 Å². The lowest BCUT2D eigenvalue weighted by Crippen LogP contribution is -2.50. The van der Waals surface area contributed by atoms with E-state index in [0.717, 1.165) is 55.7 Å². The number of hydrogen-bond acceptors (Lipinski definition) is 5. The standard InChI is InChI=1S/C26H31N5O/c1-2-12-26(28)13-15-31(16-14-26)24-11-9-21(18-29-24)25(32)30-23-17-20(8-10-22(23)27)19-6-4-3-5-7-19/h3-11,17-18H,2,12-16,27-28H2,1H3,(H,30,32). The summed E-state index contributed by atoms with van der Waals surface area (Å²) in [6, 6.07) is 19.4. The van der Waals surface area contributed by atoms with Crippen LogP contribution in [0.5, 0.6) is 0 Å². The zero-order valence-corrected chi connectivity index (χ0v) is 18.6. The number of nitrogens with two attached hydrogens (primary N) is 2. The van der Waals surface area contributed by atoms with Crippen LogP contribution in [0.4, 0.5) is 17.2 Å². The van der Waals surface area contributed by atoms with Crippen molar-refractivity contribution < 1.29 is 4.79 Å². The second-order valence-electron chi connectivity index (χ2n) is 8.63. The fraction of sp³-hybridized carbons (Fsp3) is 0.308. The highest BCUT2D eigenvalue weighted by atomic mass is 16.1. The molecule has 1 saturated heterocycles. The van der Waals surface area contributed by atoms with E-state index >= 15 is 0 Å². The van der Waals surface area contributed by atoms with E-state index in [1.54, 1.807) is 6.20 Å². The summed E-state index contributed by atoms with van der Waals surface area (Å²) in [4.78, 5) is 19.6. The molecule has 5 N–H and O–H groups in total. The number of anilines is 3. The van der Waals surface area contributed by atoms with Gasteiger partial charge in [0.2, 0.25) is 0 Å². The highest BCUT2D eigenvalue weighted by molar-refractivity contribution is 6.06. The Morgan fingerprint density at radius 2 is 1.81 bits per heavy atom. The van der Waals surface area contributed by atoms with Gasteiger partial charge in [0.1, 0.15) is 5.82 Å². The molecule has 166 valence electrons. The van der Waals surface area contributed by atoms with Crippen LogP contribution in [0.3, 0.4) is 0 Å². The van der Waals surface area contributed by atoms with Gasteiger partial charge >= 0.3 is 0 Å². The molecule has 2 aromatic carbocycles. The van der Waals surface area contributed by atoms with Gasteiger partial charge in [-0.25, -0.2) is 4.98 Å². The third-order valence-electron chi connectivity index (χ3n) is 6.25. The number of carbonyl (C=O) groups excluding carboxylic acids is 1. The van der Waals surface area contributed by atoms with Gasteiger partial charge in [-0.3, -0.25) is 4.79 Å². The Morgan fingerprint density at radius 3 is 2.47 bits per heavy atom. The predicted molar refractivity (Wildman–Crippen MR) is 132 cm³/mol. The second kappa shape index (κ2) is 9.40. The molecular weight excluding hydrogens is 398 g/mol. The van der Waals surface area contributed by atoms with Gasteiger partial charge in [0.25, 0.3) is 5.91 Å². The van der Waals surface area contributed by atoms with E-state index in [2.05, 4.69) is 22.1 Å². The summed E-state index contributed by atoms with van der Waals surface area (Å²) in [7, 11) is 0. The Balaban J connectivity index is 1.43. The minimum absolute atomic E-state index is 0.0563. The number of benzene rings is 2. The Labute approximate surface area is 189 Å². The summed E-state index contributed by atoms with van der Waals surface area (Å²) in [5.74, 6) is 0.647. The van der Waals surface area contributed by atoms with E-state index in [1.807, 2.05) is 60.7 Å². The Morgan fingerprint density at radius 1 is 1.06 bits per heavy atom. The number of nitrogens with one attached hydrogen (secondary N) is 1. The molecule has 0 spiro atoms. The third-order valence-corrected chi connectivity index (χ3v) is 6.25. The van der Waals surface area contributed by atoms with Crippen molar-refractivity contribution >= 4 is 23.1 Å². The van der Waals surface area contributed by atoms with E-state index in [-0.39, 0.29) is 11.4 Å². The molecule has 1 fully saturated rings. The van der Waals surface area contributed by atoms with Crippen molar-refractivity contribution in [3.8, 4) is 11.1 Å². The van der Waals surface area contributed by atoms with Gasteiger partial charge in [-0.05, 0) is 54.7 Å². The molecule has 0 atom stereocenters. The zero-order valence-electron chi connectivity index (χ0n) is 18.6. The molecule has 0 unspecified atom stereocenters. The quantitative estimate of drug-likeness (QED) is 0.494. The number of piperidine rings is 1. The van der Waals surface area contributed by atoms with Gasteiger partial charge in [0.15, 0.2) is 0 Å². The average Bonchev–Trinajstić information content (AvgIpc) is 2.82. The molecule has 2 heterocycles. The molecule has 6 heteroatoms. The number of aromatic nitrogens is 1. The van der Waals surface area contributed by atoms with Crippen molar-refractivity contribution in [2.45, 2.75) is 38.1 Å². The molecular formula is C26H31N5O. The molecule has 1 aliphatic rings. The number of rotatable bonds is 6.